The standard InChI is InChI=1S/C13H14FN3OS/c1-15-12-10(4-3-5-11(12)14)13(18)17(2)6-9-7-19-8-16-9/h3-5,7-8,15H,6H2,1-2H3. The van der Waals surface area contributed by atoms with Crippen molar-refractivity contribution in [2.45, 2.75) is 6.54 Å². The Labute approximate surface area is 114 Å². The Bertz CT molecular complexity index is 571. The summed E-state index contributed by atoms with van der Waals surface area (Å²) < 4.78 is 13.6. The normalized spacial score (nSPS) is 10.3. The molecule has 1 amide bonds. The van der Waals surface area contributed by atoms with Gasteiger partial charge in [0.25, 0.3) is 5.91 Å². The fourth-order valence-corrected chi connectivity index (χ4v) is 2.34. The number of nitrogens with zero attached hydrogens (tertiary/aromatic N) is 2. The second-order valence-electron chi connectivity index (χ2n) is 4.05. The molecule has 0 aliphatic carbocycles. The van der Waals surface area contributed by atoms with Gasteiger partial charge in [-0.05, 0) is 12.1 Å². The van der Waals surface area contributed by atoms with Crippen LogP contribution in [0.15, 0.2) is 29.1 Å². The van der Waals surface area contributed by atoms with E-state index in [4.69, 9.17) is 0 Å². The number of hydrogen-bond acceptors (Lipinski definition) is 4. The number of anilines is 1. The maximum Gasteiger partial charge on any atom is 0.256 e. The summed E-state index contributed by atoms with van der Waals surface area (Å²) >= 11 is 1.48. The van der Waals surface area contributed by atoms with Crippen LogP contribution in [-0.4, -0.2) is 29.9 Å². The molecule has 2 rings (SSSR count). The zero-order valence-electron chi connectivity index (χ0n) is 10.7. The van der Waals surface area contributed by atoms with Crippen LogP contribution in [0.1, 0.15) is 16.1 Å². The third-order valence-electron chi connectivity index (χ3n) is 2.72. The van der Waals surface area contributed by atoms with Crippen molar-refractivity contribution >= 4 is 22.9 Å². The van der Waals surface area contributed by atoms with E-state index in [0.29, 0.717) is 12.1 Å². The molecule has 0 aliphatic heterocycles. The van der Waals surface area contributed by atoms with Crippen LogP contribution in [-0.2, 0) is 6.54 Å². The first kappa shape index (κ1) is 13.5. The van der Waals surface area contributed by atoms with Crippen molar-refractivity contribution in [3.05, 3.63) is 46.2 Å². The molecule has 0 atom stereocenters. The Morgan fingerprint density at radius 3 is 2.95 bits per heavy atom. The lowest BCUT2D eigenvalue weighted by Crippen LogP contribution is -2.27. The van der Waals surface area contributed by atoms with Gasteiger partial charge < -0.3 is 10.2 Å². The molecule has 0 spiro atoms. The zero-order chi connectivity index (χ0) is 13.8. The van der Waals surface area contributed by atoms with Crippen LogP contribution in [0.4, 0.5) is 10.1 Å². The van der Waals surface area contributed by atoms with Crippen LogP contribution in [0.25, 0.3) is 0 Å². The van der Waals surface area contributed by atoms with Gasteiger partial charge in [0.05, 0.1) is 29.0 Å². The minimum atomic E-state index is -0.435. The van der Waals surface area contributed by atoms with E-state index in [1.807, 2.05) is 5.38 Å². The number of halogens is 1. The van der Waals surface area contributed by atoms with E-state index < -0.39 is 5.82 Å². The topological polar surface area (TPSA) is 45.2 Å². The molecular weight excluding hydrogens is 265 g/mol. The zero-order valence-corrected chi connectivity index (χ0v) is 11.5. The number of benzene rings is 1. The number of aromatic nitrogens is 1. The van der Waals surface area contributed by atoms with Gasteiger partial charge in [0.1, 0.15) is 5.82 Å². The Morgan fingerprint density at radius 1 is 1.53 bits per heavy atom. The van der Waals surface area contributed by atoms with E-state index >= 15 is 0 Å². The van der Waals surface area contributed by atoms with Crippen molar-refractivity contribution in [2.75, 3.05) is 19.4 Å². The number of rotatable bonds is 4. The highest BCUT2D eigenvalue weighted by molar-refractivity contribution is 7.07. The van der Waals surface area contributed by atoms with Gasteiger partial charge in [0, 0.05) is 19.5 Å². The van der Waals surface area contributed by atoms with Crippen LogP contribution in [0.3, 0.4) is 0 Å². The molecule has 0 unspecified atom stereocenters. The van der Waals surface area contributed by atoms with Crippen molar-refractivity contribution in [3.8, 4) is 0 Å². The Hall–Kier alpha value is -1.95. The third kappa shape index (κ3) is 2.90. The van der Waals surface area contributed by atoms with Crippen LogP contribution in [0.2, 0.25) is 0 Å². The fraction of sp³-hybridized carbons (Fsp3) is 0.231. The predicted octanol–water partition coefficient (Wildman–Crippen LogP) is 2.60. The molecule has 100 valence electrons. The molecule has 0 bridgehead atoms. The first-order valence-corrected chi connectivity index (χ1v) is 6.66. The van der Waals surface area contributed by atoms with Gasteiger partial charge in [-0.3, -0.25) is 4.79 Å². The smallest absolute Gasteiger partial charge is 0.256 e. The third-order valence-corrected chi connectivity index (χ3v) is 3.36. The van der Waals surface area contributed by atoms with Gasteiger partial charge in [-0.1, -0.05) is 6.07 Å². The van der Waals surface area contributed by atoms with Gasteiger partial charge in [-0.2, -0.15) is 0 Å². The predicted molar refractivity (Wildman–Crippen MR) is 73.9 cm³/mol. The molecule has 0 saturated carbocycles. The number of amides is 1. The van der Waals surface area contributed by atoms with E-state index in [1.165, 1.54) is 28.4 Å². The second-order valence-corrected chi connectivity index (χ2v) is 4.77. The first-order valence-electron chi connectivity index (χ1n) is 5.72. The van der Waals surface area contributed by atoms with Crippen molar-refractivity contribution < 1.29 is 9.18 Å². The average molecular weight is 279 g/mol. The summed E-state index contributed by atoms with van der Waals surface area (Å²) in [6.07, 6.45) is 0. The van der Waals surface area contributed by atoms with E-state index in [0.717, 1.165) is 5.69 Å². The lowest BCUT2D eigenvalue weighted by Gasteiger charge is -2.18. The molecule has 6 heteroatoms. The monoisotopic (exact) mass is 279 g/mol. The van der Waals surface area contributed by atoms with Crippen molar-refractivity contribution in [3.63, 3.8) is 0 Å². The van der Waals surface area contributed by atoms with Crippen LogP contribution in [0.5, 0.6) is 0 Å². The van der Waals surface area contributed by atoms with E-state index in [-0.39, 0.29) is 11.6 Å². The quantitative estimate of drug-likeness (QED) is 0.935. The number of carbonyl (C=O) groups excluding carboxylic acids is 1. The van der Waals surface area contributed by atoms with Crippen molar-refractivity contribution in [2.24, 2.45) is 0 Å². The highest BCUT2D eigenvalue weighted by atomic mass is 32.1. The van der Waals surface area contributed by atoms with Gasteiger partial charge in [0.2, 0.25) is 0 Å². The second kappa shape index (κ2) is 5.79. The fourth-order valence-electron chi connectivity index (χ4n) is 1.79. The minimum absolute atomic E-state index is 0.220. The average Bonchev–Trinajstić information content (AvgIpc) is 2.90. The molecule has 2 aromatic rings. The summed E-state index contributed by atoms with van der Waals surface area (Å²) in [4.78, 5) is 17.9. The minimum Gasteiger partial charge on any atom is -0.385 e. The molecule has 1 aromatic carbocycles. The lowest BCUT2D eigenvalue weighted by molar-refractivity contribution is 0.0784. The van der Waals surface area contributed by atoms with Gasteiger partial charge in [-0.15, -0.1) is 11.3 Å². The van der Waals surface area contributed by atoms with E-state index in [1.54, 1.807) is 25.7 Å². The summed E-state index contributed by atoms with van der Waals surface area (Å²) in [7, 11) is 3.27. The SMILES string of the molecule is CNc1c(F)cccc1C(=O)N(C)Cc1cscn1. The molecule has 1 heterocycles. The van der Waals surface area contributed by atoms with Crippen LogP contribution < -0.4 is 5.32 Å². The molecule has 0 aliphatic rings. The first-order chi connectivity index (χ1) is 9.13. The largest absolute Gasteiger partial charge is 0.385 e. The molecule has 19 heavy (non-hydrogen) atoms. The van der Waals surface area contributed by atoms with Gasteiger partial charge in [-0.25, -0.2) is 9.37 Å². The number of para-hydroxylation sites is 1. The highest BCUT2D eigenvalue weighted by Crippen LogP contribution is 2.21. The van der Waals surface area contributed by atoms with Crippen molar-refractivity contribution in [1.29, 1.82) is 0 Å². The van der Waals surface area contributed by atoms with E-state index in [9.17, 15) is 9.18 Å². The van der Waals surface area contributed by atoms with Gasteiger partial charge >= 0.3 is 0 Å². The molecule has 1 N–H and O–H groups in total. The highest BCUT2D eigenvalue weighted by Gasteiger charge is 2.18. The Morgan fingerprint density at radius 2 is 2.32 bits per heavy atom. The molecule has 0 fully saturated rings. The van der Waals surface area contributed by atoms with Gasteiger partial charge in [0.15, 0.2) is 0 Å². The maximum absolute atomic E-state index is 13.6. The van der Waals surface area contributed by atoms with Crippen molar-refractivity contribution in [1.82, 2.24) is 9.88 Å². The summed E-state index contributed by atoms with van der Waals surface area (Å²) in [5, 5.41) is 4.61. The Balaban J connectivity index is 2.22. The number of thiazole rings is 1. The summed E-state index contributed by atoms with van der Waals surface area (Å²) in [5.41, 5.74) is 3.08. The lowest BCUT2D eigenvalue weighted by atomic mass is 10.1. The maximum atomic E-state index is 13.6. The summed E-state index contributed by atoms with van der Waals surface area (Å²) in [6.45, 7) is 0.405. The summed E-state index contributed by atoms with van der Waals surface area (Å²) in [6, 6.07) is 4.46. The molecule has 0 saturated heterocycles. The molecule has 1 aromatic heterocycles. The molecule has 0 radical (unpaired) electrons. The van der Waals surface area contributed by atoms with Crippen LogP contribution >= 0.6 is 11.3 Å². The van der Waals surface area contributed by atoms with E-state index in [2.05, 4.69) is 10.3 Å². The van der Waals surface area contributed by atoms with Crippen LogP contribution in [0, 0.1) is 5.82 Å². The Kier molecular flexibility index (Phi) is 4.11. The molecule has 4 nitrogen and oxygen atoms in total. The number of hydrogen-bond donors (Lipinski definition) is 1. The number of nitrogens with one attached hydrogen (secondary N) is 1. The molecular formula is C13H14FN3OS. The number of carbonyl (C=O) groups is 1. The summed E-state index contributed by atoms with van der Waals surface area (Å²) in [5.74, 6) is -0.674.